The van der Waals surface area contributed by atoms with Gasteiger partial charge in [0.2, 0.25) is 0 Å². The number of aryl methyl sites for hydroxylation is 1. The molecule has 0 atom stereocenters. The molecule has 0 amide bonds. The zero-order chi connectivity index (χ0) is 17.7. The van der Waals surface area contributed by atoms with Crippen molar-refractivity contribution in [3.63, 3.8) is 0 Å². The molecule has 5 rings (SSSR count). The molecule has 0 unspecified atom stereocenters. The highest BCUT2D eigenvalue weighted by Crippen LogP contribution is 2.37. The number of aromatic nitrogens is 3. The molecule has 0 spiro atoms. The number of nitrogens with one attached hydrogen (secondary N) is 1. The molecule has 2 N–H and O–H groups in total. The SMILES string of the molecule is O=C(O)c1cccc(-c2nc3ccc4[nH]ncc4c3c3c2CCCC3)c1. The predicted molar refractivity (Wildman–Crippen MR) is 100 cm³/mol. The van der Waals surface area contributed by atoms with Gasteiger partial charge in [0.25, 0.3) is 0 Å². The monoisotopic (exact) mass is 343 g/mol. The van der Waals surface area contributed by atoms with Crippen LogP contribution in [0.2, 0.25) is 0 Å². The summed E-state index contributed by atoms with van der Waals surface area (Å²) >= 11 is 0. The third-order valence-corrected chi connectivity index (χ3v) is 5.27. The Morgan fingerprint density at radius 3 is 2.77 bits per heavy atom. The second kappa shape index (κ2) is 5.66. The molecule has 26 heavy (non-hydrogen) atoms. The van der Waals surface area contributed by atoms with E-state index >= 15 is 0 Å². The molecule has 0 saturated carbocycles. The standard InChI is InChI=1S/C21H17N3O2/c25-21(26)13-5-3-4-12(10-13)20-15-7-2-1-6-14(15)19-16-11-22-24-17(16)8-9-18(19)23-20/h3-5,8-11H,1-2,6-7H2,(H,22,24)(H,25,26). The van der Waals surface area contributed by atoms with Crippen molar-refractivity contribution in [2.45, 2.75) is 25.7 Å². The summed E-state index contributed by atoms with van der Waals surface area (Å²) in [7, 11) is 0. The molecule has 128 valence electrons. The molecular formula is C21H17N3O2. The Balaban J connectivity index is 1.85. The van der Waals surface area contributed by atoms with Crippen molar-refractivity contribution < 1.29 is 9.90 Å². The van der Waals surface area contributed by atoms with Crippen molar-refractivity contribution in [2.75, 3.05) is 0 Å². The topological polar surface area (TPSA) is 78.9 Å². The van der Waals surface area contributed by atoms with Crippen LogP contribution in [0.3, 0.4) is 0 Å². The second-order valence-electron chi connectivity index (χ2n) is 6.80. The Labute approximate surface area is 149 Å². The number of aromatic carboxylic acids is 1. The Bertz CT molecular complexity index is 1180. The van der Waals surface area contributed by atoms with E-state index in [-0.39, 0.29) is 0 Å². The first-order valence-corrected chi connectivity index (χ1v) is 8.83. The number of pyridine rings is 1. The number of benzene rings is 2. The molecule has 4 aromatic rings. The predicted octanol–water partition coefficient (Wildman–Crippen LogP) is 4.36. The number of fused-ring (bicyclic) bond motifs is 5. The first-order valence-electron chi connectivity index (χ1n) is 8.83. The van der Waals surface area contributed by atoms with E-state index in [1.807, 2.05) is 24.4 Å². The number of hydrogen-bond acceptors (Lipinski definition) is 3. The highest BCUT2D eigenvalue weighted by atomic mass is 16.4. The molecule has 5 nitrogen and oxygen atoms in total. The zero-order valence-electron chi connectivity index (χ0n) is 14.1. The number of aromatic amines is 1. The fraction of sp³-hybridized carbons (Fsp3) is 0.190. The van der Waals surface area contributed by atoms with Crippen LogP contribution in [0.1, 0.15) is 34.3 Å². The maximum atomic E-state index is 11.4. The van der Waals surface area contributed by atoms with Crippen LogP contribution in [0.15, 0.2) is 42.6 Å². The minimum atomic E-state index is -0.915. The molecule has 2 heterocycles. The Kier molecular flexibility index (Phi) is 3.28. The number of hydrogen-bond donors (Lipinski definition) is 2. The highest BCUT2D eigenvalue weighted by molar-refractivity contribution is 6.07. The van der Waals surface area contributed by atoms with Gasteiger partial charge in [-0.2, -0.15) is 5.10 Å². The molecule has 0 radical (unpaired) electrons. The molecule has 1 aliphatic carbocycles. The molecule has 0 bridgehead atoms. The third kappa shape index (κ3) is 2.20. The zero-order valence-corrected chi connectivity index (χ0v) is 14.1. The summed E-state index contributed by atoms with van der Waals surface area (Å²) in [4.78, 5) is 16.3. The first kappa shape index (κ1) is 15.1. The molecular weight excluding hydrogens is 326 g/mol. The van der Waals surface area contributed by atoms with E-state index in [1.54, 1.807) is 18.2 Å². The summed E-state index contributed by atoms with van der Waals surface area (Å²) in [6.07, 6.45) is 6.16. The Morgan fingerprint density at radius 2 is 1.92 bits per heavy atom. The van der Waals surface area contributed by atoms with Crippen LogP contribution in [0.5, 0.6) is 0 Å². The van der Waals surface area contributed by atoms with Gasteiger partial charge in [-0.05, 0) is 61.1 Å². The lowest BCUT2D eigenvalue weighted by Crippen LogP contribution is -2.08. The molecule has 0 aliphatic heterocycles. The van der Waals surface area contributed by atoms with Crippen LogP contribution < -0.4 is 0 Å². The largest absolute Gasteiger partial charge is 0.478 e. The van der Waals surface area contributed by atoms with E-state index in [2.05, 4.69) is 10.2 Å². The lowest BCUT2D eigenvalue weighted by molar-refractivity contribution is 0.0697. The van der Waals surface area contributed by atoms with Crippen molar-refractivity contribution in [2.24, 2.45) is 0 Å². The number of nitrogens with zero attached hydrogens (tertiary/aromatic N) is 2. The summed E-state index contributed by atoms with van der Waals surface area (Å²) in [6.45, 7) is 0. The van der Waals surface area contributed by atoms with Crippen molar-refractivity contribution >= 4 is 27.8 Å². The van der Waals surface area contributed by atoms with Gasteiger partial charge in [-0.15, -0.1) is 0 Å². The first-order chi connectivity index (χ1) is 12.7. The minimum Gasteiger partial charge on any atom is -0.478 e. The summed E-state index contributed by atoms with van der Waals surface area (Å²) in [5.41, 5.74) is 6.63. The van der Waals surface area contributed by atoms with Gasteiger partial charge in [0.05, 0.1) is 28.5 Å². The van der Waals surface area contributed by atoms with Crippen molar-refractivity contribution in [3.8, 4) is 11.3 Å². The van der Waals surface area contributed by atoms with Gasteiger partial charge in [0.1, 0.15) is 0 Å². The van der Waals surface area contributed by atoms with E-state index in [0.29, 0.717) is 5.56 Å². The summed E-state index contributed by atoms with van der Waals surface area (Å²) in [5.74, 6) is -0.915. The van der Waals surface area contributed by atoms with Gasteiger partial charge in [-0.25, -0.2) is 9.78 Å². The van der Waals surface area contributed by atoms with Gasteiger partial charge < -0.3 is 5.11 Å². The summed E-state index contributed by atoms with van der Waals surface area (Å²) in [6, 6.07) is 11.1. The van der Waals surface area contributed by atoms with E-state index in [9.17, 15) is 9.90 Å². The van der Waals surface area contributed by atoms with Crippen LogP contribution in [0.4, 0.5) is 0 Å². The second-order valence-corrected chi connectivity index (χ2v) is 6.80. The van der Waals surface area contributed by atoms with Crippen LogP contribution in [-0.4, -0.2) is 26.3 Å². The summed E-state index contributed by atoms with van der Waals surface area (Å²) < 4.78 is 0. The number of rotatable bonds is 2. The normalized spacial score (nSPS) is 13.8. The lowest BCUT2D eigenvalue weighted by Gasteiger charge is -2.22. The number of carbonyl (C=O) groups is 1. The van der Waals surface area contributed by atoms with Crippen LogP contribution in [-0.2, 0) is 12.8 Å². The van der Waals surface area contributed by atoms with Crippen molar-refractivity contribution in [1.82, 2.24) is 15.2 Å². The van der Waals surface area contributed by atoms with Crippen molar-refractivity contribution in [3.05, 3.63) is 59.3 Å². The average molecular weight is 343 g/mol. The van der Waals surface area contributed by atoms with Gasteiger partial charge in [0.15, 0.2) is 0 Å². The number of H-pyrrole nitrogens is 1. The van der Waals surface area contributed by atoms with Crippen LogP contribution in [0, 0.1) is 0 Å². The fourth-order valence-electron chi connectivity index (χ4n) is 4.09. The lowest BCUT2D eigenvalue weighted by atomic mass is 9.85. The Morgan fingerprint density at radius 1 is 1.08 bits per heavy atom. The van der Waals surface area contributed by atoms with Crippen LogP contribution in [0.25, 0.3) is 33.1 Å². The van der Waals surface area contributed by atoms with Gasteiger partial charge in [-0.1, -0.05) is 12.1 Å². The number of carboxylic acids is 1. The van der Waals surface area contributed by atoms with E-state index in [0.717, 1.165) is 53.4 Å². The van der Waals surface area contributed by atoms with E-state index in [4.69, 9.17) is 4.98 Å². The summed E-state index contributed by atoms with van der Waals surface area (Å²) in [5, 5.41) is 18.9. The van der Waals surface area contributed by atoms with Gasteiger partial charge in [0, 0.05) is 16.3 Å². The maximum Gasteiger partial charge on any atom is 0.335 e. The van der Waals surface area contributed by atoms with Crippen molar-refractivity contribution in [1.29, 1.82) is 0 Å². The quantitative estimate of drug-likeness (QED) is 0.567. The fourth-order valence-corrected chi connectivity index (χ4v) is 4.09. The van der Waals surface area contributed by atoms with Gasteiger partial charge in [-0.3, -0.25) is 5.10 Å². The third-order valence-electron chi connectivity index (χ3n) is 5.27. The minimum absolute atomic E-state index is 0.291. The average Bonchev–Trinajstić information content (AvgIpc) is 3.16. The Hall–Kier alpha value is -3.21. The smallest absolute Gasteiger partial charge is 0.335 e. The molecule has 2 aromatic carbocycles. The van der Waals surface area contributed by atoms with E-state index in [1.165, 1.54) is 16.5 Å². The van der Waals surface area contributed by atoms with E-state index < -0.39 is 5.97 Å². The highest BCUT2D eigenvalue weighted by Gasteiger charge is 2.21. The number of carboxylic acid groups (broad SMARTS) is 1. The molecule has 0 saturated heterocycles. The van der Waals surface area contributed by atoms with Gasteiger partial charge >= 0.3 is 5.97 Å². The molecule has 1 aliphatic rings. The molecule has 5 heteroatoms. The van der Waals surface area contributed by atoms with Crippen LogP contribution >= 0.6 is 0 Å². The molecule has 0 fully saturated rings. The maximum absolute atomic E-state index is 11.4. The molecule has 2 aromatic heterocycles.